The van der Waals surface area contributed by atoms with Gasteiger partial charge in [0.05, 0.1) is 6.54 Å². The molecule has 0 radical (unpaired) electrons. The fourth-order valence-corrected chi connectivity index (χ4v) is 3.83. The molecule has 0 spiro atoms. The van der Waals surface area contributed by atoms with Crippen molar-refractivity contribution in [2.45, 2.75) is 32.4 Å². The summed E-state index contributed by atoms with van der Waals surface area (Å²) in [7, 11) is 4.28. The summed E-state index contributed by atoms with van der Waals surface area (Å²) in [5.74, 6) is 1.29. The van der Waals surface area contributed by atoms with E-state index in [-0.39, 0.29) is 5.56 Å². The van der Waals surface area contributed by atoms with Crippen LogP contribution < -0.4 is 5.56 Å². The lowest BCUT2D eigenvalue weighted by molar-refractivity contribution is 0.211. The van der Waals surface area contributed by atoms with Crippen LogP contribution in [0.4, 0.5) is 0 Å². The maximum absolute atomic E-state index is 11.7. The number of nitrogens with zero attached hydrogens (tertiary/aromatic N) is 4. The van der Waals surface area contributed by atoms with E-state index in [1.165, 1.54) is 12.0 Å². The lowest BCUT2D eigenvalue weighted by Gasteiger charge is -2.28. The minimum absolute atomic E-state index is 0.0657. The number of pyridine rings is 1. The Balaban J connectivity index is 1.69. The third kappa shape index (κ3) is 4.32. The highest BCUT2D eigenvalue weighted by Crippen LogP contribution is 2.36. The SMILES string of the molecule is CCc1cc(=O)[nH]c(CN(C)C[C@@H]2CCN(C)[C@H]2c2cccnc2)n1. The van der Waals surface area contributed by atoms with Crippen LogP contribution in [0.5, 0.6) is 0 Å². The summed E-state index contributed by atoms with van der Waals surface area (Å²) < 4.78 is 0. The van der Waals surface area contributed by atoms with Crippen LogP contribution in [0.15, 0.2) is 35.4 Å². The molecule has 6 heteroatoms. The number of aryl methyl sites for hydroxylation is 1. The summed E-state index contributed by atoms with van der Waals surface area (Å²) in [6.07, 6.45) is 5.74. The van der Waals surface area contributed by atoms with E-state index >= 15 is 0 Å². The summed E-state index contributed by atoms with van der Waals surface area (Å²) in [5.41, 5.74) is 2.06. The molecule has 0 aromatic carbocycles. The zero-order chi connectivity index (χ0) is 17.8. The van der Waals surface area contributed by atoms with Gasteiger partial charge in [-0.3, -0.25) is 19.6 Å². The molecule has 0 bridgehead atoms. The van der Waals surface area contributed by atoms with Crippen LogP contribution in [0.3, 0.4) is 0 Å². The fraction of sp³-hybridized carbons (Fsp3) is 0.526. The van der Waals surface area contributed by atoms with Crippen molar-refractivity contribution in [3.63, 3.8) is 0 Å². The largest absolute Gasteiger partial charge is 0.309 e. The minimum atomic E-state index is -0.0657. The molecule has 1 fully saturated rings. The molecule has 134 valence electrons. The molecule has 3 heterocycles. The van der Waals surface area contributed by atoms with Gasteiger partial charge >= 0.3 is 0 Å². The average Bonchev–Trinajstić information content (AvgIpc) is 2.95. The zero-order valence-corrected chi connectivity index (χ0v) is 15.3. The summed E-state index contributed by atoms with van der Waals surface area (Å²) in [6, 6.07) is 6.14. The third-order valence-corrected chi connectivity index (χ3v) is 4.97. The number of nitrogens with one attached hydrogen (secondary N) is 1. The summed E-state index contributed by atoms with van der Waals surface area (Å²) in [5, 5.41) is 0. The Bertz CT molecular complexity index is 745. The van der Waals surface area contributed by atoms with Crippen molar-refractivity contribution >= 4 is 0 Å². The van der Waals surface area contributed by atoms with Gasteiger partial charge in [-0.25, -0.2) is 4.98 Å². The highest BCUT2D eigenvalue weighted by atomic mass is 16.1. The molecule has 2 aromatic heterocycles. The molecule has 0 saturated carbocycles. The third-order valence-electron chi connectivity index (χ3n) is 4.97. The number of hydrogen-bond acceptors (Lipinski definition) is 5. The Morgan fingerprint density at radius 3 is 3.00 bits per heavy atom. The van der Waals surface area contributed by atoms with Crippen LogP contribution in [0.2, 0.25) is 0 Å². The molecular weight excluding hydrogens is 314 g/mol. The van der Waals surface area contributed by atoms with E-state index in [0.29, 0.717) is 18.5 Å². The molecule has 3 rings (SSSR count). The van der Waals surface area contributed by atoms with Crippen LogP contribution in [0.25, 0.3) is 0 Å². The Morgan fingerprint density at radius 2 is 2.28 bits per heavy atom. The zero-order valence-electron chi connectivity index (χ0n) is 15.3. The van der Waals surface area contributed by atoms with Gasteiger partial charge in [-0.1, -0.05) is 13.0 Å². The Hall–Kier alpha value is -2.05. The first kappa shape index (κ1) is 17.8. The average molecular weight is 341 g/mol. The molecule has 2 atom stereocenters. The maximum atomic E-state index is 11.7. The molecule has 0 unspecified atom stereocenters. The molecule has 2 aromatic rings. The normalized spacial score (nSPS) is 21.1. The molecule has 0 amide bonds. The number of hydrogen-bond donors (Lipinski definition) is 1. The van der Waals surface area contributed by atoms with Gasteiger partial charge < -0.3 is 4.98 Å². The van der Waals surface area contributed by atoms with Crippen molar-refractivity contribution in [1.82, 2.24) is 24.8 Å². The first-order chi connectivity index (χ1) is 12.1. The first-order valence-corrected chi connectivity index (χ1v) is 8.94. The van der Waals surface area contributed by atoms with Gasteiger partial charge in [0.15, 0.2) is 0 Å². The van der Waals surface area contributed by atoms with Crippen molar-refractivity contribution in [1.29, 1.82) is 0 Å². The molecule has 6 nitrogen and oxygen atoms in total. The van der Waals surface area contributed by atoms with Crippen LogP contribution in [-0.2, 0) is 13.0 Å². The standard InChI is InChI=1S/C19H27N5O/c1-4-16-10-18(25)22-17(21-16)13-23(2)12-15-7-9-24(3)19(15)14-6-5-8-20-11-14/h5-6,8,10-11,15,19H,4,7,9,12-13H2,1-3H3,(H,21,22,25)/t15-,19-/m0/s1. The van der Waals surface area contributed by atoms with Crippen molar-refractivity contribution in [3.05, 3.63) is 58.0 Å². The second kappa shape index (κ2) is 7.89. The Morgan fingerprint density at radius 1 is 1.44 bits per heavy atom. The number of H-pyrrole nitrogens is 1. The lowest BCUT2D eigenvalue weighted by Crippen LogP contribution is -2.31. The Labute approximate surface area is 148 Å². The van der Waals surface area contributed by atoms with E-state index in [1.54, 1.807) is 6.07 Å². The van der Waals surface area contributed by atoms with E-state index in [0.717, 1.165) is 31.0 Å². The molecule has 25 heavy (non-hydrogen) atoms. The summed E-state index contributed by atoms with van der Waals surface area (Å²) >= 11 is 0. The number of aromatic nitrogens is 3. The van der Waals surface area contributed by atoms with E-state index in [4.69, 9.17) is 0 Å². The van der Waals surface area contributed by atoms with Crippen LogP contribution in [0, 0.1) is 5.92 Å². The highest BCUT2D eigenvalue weighted by molar-refractivity contribution is 5.17. The highest BCUT2D eigenvalue weighted by Gasteiger charge is 2.33. The molecule has 1 saturated heterocycles. The van der Waals surface area contributed by atoms with Crippen molar-refractivity contribution in [3.8, 4) is 0 Å². The first-order valence-electron chi connectivity index (χ1n) is 8.94. The number of rotatable bonds is 6. The summed E-state index contributed by atoms with van der Waals surface area (Å²) in [4.78, 5) is 28.1. The van der Waals surface area contributed by atoms with E-state index in [1.807, 2.05) is 25.4 Å². The second-order valence-electron chi connectivity index (χ2n) is 6.99. The van der Waals surface area contributed by atoms with Gasteiger partial charge in [-0.15, -0.1) is 0 Å². The molecule has 0 aliphatic carbocycles. The van der Waals surface area contributed by atoms with Gasteiger partial charge in [-0.2, -0.15) is 0 Å². The molecule has 1 aliphatic heterocycles. The predicted octanol–water partition coefficient (Wildman–Crippen LogP) is 1.85. The van der Waals surface area contributed by atoms with Crippen LogP contribution in [0.1, 0.15) is 36.5 Å². The minimum Gasteiger partial charge on any atom is -0.309 e. The van der Waals surface area contributed by atoms with Gasteiger partial charge in [-0.05, 0) is 51.0 Å². The van der Waals surface area contributed by atoms with Gasteiger partial charge in [0.1, 0.15) is 5.82 Å². The van der Waals surface area contributed by atoms with Gasteiger partial charge in [0.2, 0.25) is 0 Å². The van der Waals surface area contributed by atoms with E-state index < -0.39 is 0 Å². The Kier molecular flexibility index (Phi) is 5.60. The van der Waals surface area contributed by atoms with Crippen LogP contribution in [-0.4, -0.2) is 51.9 Å². The van der Waals surface area contributed by atoms with Crippen molar-refractivity contribution in [2.75, 3.05) is 27.2 Å². The molecular formula is C19H27N5O. The van der Waals surface area contributed by atoms with E-state index in [2.05, 4.69) is 44.9 Å². The van der Waals surface area contributed by atoms with E-state index in [9.17, 15) is 4.79 Å². The van der Waals surface area contributed by atoms with Gasteiger partial charge in [0, 0.05) is 36.7 Å². The number of aromatic amines is 1. The second-order valence-corrected chi connectivity index (χ2v) is 6.99. The quantitative estimate of drug-likeness (QED) is 0.869. The van der Waals surface area contributed by atoms with Crippen molar-refractivity contribution < 1.29 is 0 Å². The smallest absolute Gasteiger partial charge is 0.251 e. The maximum Gasteiger partial charge on any atom is 0.251 e. The predicted molar refractivity (Wildman–Crippen MR) is 98.3 cm³/mol. The van der Waals surface area contributed by atoms with Crippen molar-refractivity contribution in [2.24, 2.45) is 5.92 Å². The monoisotopic (exact) mass is 341 g/mol. The fourth-order valence-electron chi connectivity index (χ4n) is 3.83. The molecule has 1 aliphatic rings. The lowest BCUT2D eigenvalue weighted by atomic mass is 9.94. The number of likely N-dealkylation sites (tertiary alicyclic amines) is 1. The topological polar surface area (TPSA) is 65.1 Å². The molecule has 1 N–H and O–H groups in total. The van der Waals surface area contributed by atoms with Gasteiger partial charge in [0.25, 0.3) is 5.56 Å². The summed E-state index contributed by atoms with van der Waals surface area (Å²) in [6.45, 7) is 4.73. The van der Waals surface area contributed by atoms with Crippen LogP contribution >= 0.6 is 0 Å².